The minimum atomic E-state index is -0.452. The van der Waals surface area contributed by atoms with E-state index >= 15 is 0 Å². The lowest BCUT2D eigenvalue weighted by Gasteiger charge is -2.06. The Bertz CT molecular complexity index is 634. The second-order valence-electron chi connectivity index (χ2n) is 4.46. The van der Waals surface area contributed by atoms with Gasteiger partial charge < -0.3 is 10.5 Å². The third-order valence-electron chi connectivity index (χ3n) is 2.47. The molecule has 0 aliphatic heterocycles. The first-order valence-electron chi connectivity index (χ1n) is 6.51. The van der Waals surface area contributed by atoms with Crippen molar-refractivity contribution in [3.63, 3.8) is 0 Å². The minimum absolute atomic E-state index is 0.382. The molecule has 2 N–H and O–H groups in total. The summed E-state index contributed by atoms with van der Waals surface area (Å²) in [4.78, 5) is 11.5. The Labute approximate surface area is 140 Å². The Balaban J connectivity index is 2.52. The first kappa shape index (κ1) is 18.1. The fourth-order valence-corrected chi connectivity index (χ4v) is 1.92. The highest BCUT2D eigenvalue weighted by molar-refractivity contribution is 6.35. The number of nitrogens with two attached hydrogens (primary N) is 1. The van der Waals surface area contributed by atoms with Crippen LogP contribution >= 0.6 is 23.2 Å². The third kappa shape index (κ3) is 7.16. The normalized spacial score (nSPS) is 13.0. The van der Waals surface area contributed by atoms with Crippen molar-refractivity contribution in [1.29, 1.82) is 0 Å². The molecule has 0 aliphatic carbocycles. The summed E-state index contributed by atoms with van der Waals surface area (Å²) in [5, 5.41) is 1.11. The second kappa shape index (κ2) is 9.13. The SMILES string of the molecule is C=C(N)/C=C\C(C)OC(=O)/C=C/C=C/c1ccc(Cl)cc1Cl. The number of hydrogen-bond acceptors (Lipinski definition) is 3. The molecule has 0 aliphatic rings. The summed E-state index contributed by atoms with van der Waals surface area (Å²) in [5.41, 5.74) is 6.59. The molecular formula is C17H17Cl2NO2. The topological polar surface area (TPSA) is 52.3 Å². The van der Waals surface area contributed by atoms with Gasteiger partial charge in [-0.25, -0.2) is 4.79 Å². The zero-order chi connectivity index (χ0) is 16.5. The van der Waals surface area contributed by atoms with E-state index in [0.717, 1.165) is 5.56 Å². The van der Waals surface area contributed by atoms with Crippen LogP contribution in [0.4, 0.5) is 0 Å². The maximum atomic E-state index is 11.5. The van der Waals surface area contributed by atoms with Crippen LogP contribution in [0.1, 0.15) is 12.5 Å². The highest BCUT2D eigenvalue weighted by Gasteiger charge is 2.02. The van der Waals surface area contributed by atoms with Gasteiger partial charge in [0.25, 0.3) is 0 Å². The molecule has 0 radical (unpaired) electrons. The maximum Gasteiger partial charge on any atom is 0.331 e. The number of rotatable bonds is 6. The van der Waals surface area contributed by atoms with E-state index in [1.807, 2.05) is 0 Å². The standard InChI is InChI=1S/C17H17Cl2NO2/c1-12(20)7-8-13(2)22-17(21)6-4-3-5-14-9-10-15(18)11-16(14)19/h3-11,13H,1,20H2,2H3/b5-3+,6-4+,8-7-. The van der Waals surface area contributed by atoms with Gasteiger partial charge in [-0.2, -0.15) is 0 Å². The molecule has 0 heterocycles. The molecule has 1 unspecified atom stereocenters. The molecule has 116 valence electrons. The Morgan fingerprint density at radius 2 is 2.05 bits per heavy atom. The number of hydrogen-bond donors (Lipinski definition) is 1. The van der Waals surface area contributed by atoms with Crippen molar-refractivity contribution in [2.45, 2.75) is 13.0 Å². The molecule has 22 heavy (non-hydrogen) atoms. The zero-order valence-corrected chi connectivity index (χ0v) is 13.6. The van der Waals surface area contributed by atoms with Crippen LogP contribution in [-0.4, -0.2) is 12.1 Å². The van der Waals surface area contributed by atoms with Crippen LogP contribution in [0.2, 0.25) is 10.0 Å². The number of halogens is 2. The van der Waals surface area contributed by atoms with E-state index in [9.17, 15) is 4.79 Å². The van der Waals surface area contributed by atoms with Crippen molar-refractivity contribution in [3.8, 4) is 0 Å². The Morgan fingerprint density at radius 1 is 1.32 bits per heavy atom. The van der Waals surface area contributed by atoms with Crippen LogP contribution in [0.3, 0.4) is 0 Å². The van der Waals surface area contributed by atoms with Gasteiger partial charge in [-0.05, 0) is 36.8 Å². The van der Waals surface area contributed by atoms with E-state index in [4.69, 9.17) is 33.7 Å². The molecule has 1 aromatic rings. The van der Waals surface area contributed by atoms with E-state index < -0.39 is 5.97 Å². The highest BCUT2D eigenvalue weighted by Crippen LogP contribution is 2.21. The Hall–Kier alpha value is -1.97. The smallest absolute Gasteiger partial charge is 0.331 e. The predicted octanol–water partition coefficient (Wildman–Crippen LogP) is 4.52. The maximum absolute atomic E-state index is 11.5. The molecule has 0 amide bonds. The van der Waals surface area contributed by atoms with Crippen molar-refractivity contribution in [3.05, 3.63) is 76.5 Å². The summed E-state index contributed by atoms with van der Waals surface area (Å²) in [6.07, 6.45) is 9.21. The number of esters is 1. The molecule has 1 rings (SSSR count). The van der Waals surface area contributed by atoms with Gasteiger partial charge >= 0.3 is 5.97 Å². The molecule has 5 heteroatoms. The molecule has 1 aromatic carbocycles. The monoisotopic (exact) mass is 337 g/mol. The molecule has 0 bridgehead atoms. The van der Waals surface area contributed by atoms with Gasteiger partial charge in [0.15, 0.2) is 0 Å². The number of ether oxygens (including phenoxy) is 1. The van der Waals surface area contributed by atoms with Gasteiger partial charge in [0, 0.05) is 21.8 Å². The molecule has 0 saturated carbocycles. The lowest BCUT2D eigenvalue weighted by Crippen LogP contribution is -2.10. The predicted molar refractivity (Wildman–Crippen MR) is 92.7 cm³/mol. The summed E-state index contributed by atoms with van der Waals surface area (Å²) < 4.78 is 5.11. The van der Waals surface area contributed by atoms with Crippen LogP contribution in [0, 0.1) is 0 Å². The van der Waals surface area contributed by atoms with Crippen molar-refractivity contribution in [2.75, 3.05) is 0 Å². The lowest BCUT2D eigenvalue weighted by atomic mass is 10.2. The molecule has 0 aromatic heterocycles. The quantitative estimate of drug-likeness (QED) is 0.471. The summed E-state index contributed by atoms with van der Waals surface area (Å²) >= 11 is 11.8. The third-order valence-corrected chi connectivity index (χ3v) is 3.03. The van der Waals surface area contributed by atoms with Crippen LogP contribution in [0.25, 0.3) is 6.08 Å². The van der Waals surface area contributed by atoms with Gasteiger partial charge in [-0.15, -0.1) is 0 Å². The number of allylic oxidation sites excluding steroid dienone is 3. The van der Waals surface area contributed by atoms with Gasteiger partial charge in [-0.3, -0.25) is 0 Å². The Kier molecular flexibility index (Phi) is 7.50. The summed E-state index contributed by atoms with van der Waals surface area (Å²) in [6.45, 7) is 5.25. The fraction of sp³-hybridized carbons (Fsp3) is 0.118. The van der Waals surface area contributed by atoms with E-state index in [2.05, 4.69) is 6.58 Å². The minimum Gasteiger partial charge on any atom is -0.455 e. The van der Waals surface area contributed by atoms with Crippen LogP contribution < -0.4 is 5.73 Å². The molecule has 1 atom stereocenters. The number of benzene rings is 1. The largest absolute Gasteiger partial charge is 0.455 e. The lowest BCUT2D eigenvalue weighted by molar-refractivity contribution is -0.140. The molecule has 3 nitrogen and oxygen atoms in total. The average molecular weight is 338 g/mol. The molecule has 0 saturated heterocycles. The van der Waals surface area contributed by atoms with Gasteiger partial charge in [-0.1, -0.05) is 54.1 Å². The summed E-state index contributed by atoms with van der Waals surface area (Å²) in [5.74, 6) is -0.452. The highest BCUT2D eigenvalue weighted by atomic mass is 35.5. The van der Waals surface area contributed by atoms with Crippen LogP contribution in [-0.2, 0) is 9.53 Å². The van der Waals surface area contributed by atoms with E-state index in [1.165, 1.54) is 6.08 Å². The summed E-state index contributed by atoms with van der Waals surface area (Å²) in [7, 11) is 0. The first-order valence-corrected chi connectivity index (χ1v) is 7.27. The molecule has 0 spiro atoms. The summed E-state index contributed by atoms with van der Waals surface area (Å²) in [6, 6.07) is 5.18. The van der Waals surface area contributed by atoms with Crippen LogP contribution in [0.15, 0.2) is 60.9 Å². The van der Waals surface area contributed by atoms with Crippen LogP contribution in [0.5, 0.6) is 0 Å². The molecule has 0 fully saturated rings. The van der Waals surface area contributed by atoms with Crippen molar-refractivity contribution in [1.82, 2.24) is 0 Å². The van der Waals surface area contributed by atoms with Crippen molar-refractivity contribution >= 4 is 35.2 Å². The van der Waals surface area contributed by atoms with Gasteiger partial charge in [0.05, 0.1) is 0 Å². The van der Waals surface area contributed by atoms with E-state index in [0.29, 0.717) is 15.7 Å². The zero-order valence-electron chi connectivity index (χ0n) is 12.1. The first-order chi connectivity index (χ1) is 10.4. The second-order valence-corrected chi connectivity index (χ2v) is 5.30. The van der Waals surface area contributed by atoms with Crippen molar-refractivity contribution in [2.24, 2.45) is 5.73 Å². The number of carbonyl (C=O) groups is 1. The fourth-order valence-electron chi connectivity index (χ4n) is 1.45. The Morgan fingerprint density at radius 3 is 2.68 bits per heavy atom. The average Bonchev–Trinajstić information content (AvgIpc) is 2.43. The van der Waals surface area contributed by atoms with Crippen molar-refractivity contribution < 1.29 is 9.53 Å². The van der Waals surface area contributed by atoms with Gasteiger partial charge in [0.1, 0.15) is 6.10 Å². The van der Waals surface area contributed by atoms with E-state index in [-0.39, 0.29) is 6.10 Å². The number of carbonyl (C=O) groups excluding carboxylic acids is 1. The molecular weight excluding hydrogens is 321 g/mol. The van der Waals surface area contributed by atoms with E-state index in [1.54, 1.807) is 55.5 Å². The van der Waals surface area contributed by atoms with Gasteiger partial charge in [0.2, 0.25) is 0 Å².